The Morgan fingerprint density at radius 3 is 3.00 bits per heavy atom. The van der Waals surface area contributed by atoms with Crippen molar-refractivity contribution in [2.45, 2.75) is 12.5 Å². The Balaban J connectivity index is 2.25. The second kappa shape index (κ2) is 6.18. The zero-order valence-corrected chi connectivity index (χ0v) is 10.4. The minimum absolute atomic E-state index is 0.0269. The van der Waals surface area contributed by atoms with E-state index in [-0.39, 0.29) is 6.04 Å². The molecule has 0 saturated carbocycles. The first-order valence-corrected chi connectivity index (χ1v) is 5.96. The number of furan rings is 1. The molecule has 1 heterocycles. The maximum absolute atomic E-state index is 5.81. The third-order valence-electron chi connectivity index (χ3n) is 2.77. The Labute approximate surface area is 106 Å². The predicted molar refractivity (Wildman–Crippen MR) is 73.3 cm³/mol. The first kappa shape index (κ1) is 12.6. The maximum Gasteiger partial charge on any atom is 0.134 e. The molecule has 4 N–H and O–H groups in total. The molecule has 0 aliphatic rings. The quantitative estimate of drug-likeness (QED) is 0.313. The number of fused-ring (bicyclic) bond motifs is 1. The number of hydrogen-bond acceptors (Lipinski definition) is 4. The van der Waals surface area contributed by atoms with Crippen molar-refractivity contribution in [2.75, 3.05) is 13.6 Å². The molecule has 0 bridgehead atoms. The highest BCUT2D eigenvalue weighted by atomic mass is 16.3. The lowest BCUT2D eigenvalue weighted by molar-refractivity contribution is 0.475. The van der Waals surface area contributed by atoms with Crippen LogP contribution in [0.3, 0.4) is 0 Å². The standard InChI is InChI=1S/C13H18N4O/c1-15-7-6-11(16-9-17-14)13-8-10-4-2-3-5-12(10)18-13/h2-5,8-9,11,15H,6-7,14H2,1H3,(H,16,17). The van der Waals surface area contributed by atoms with Crippen molar-refractivity contribution in [1.29, 1.82) is 0 Å². The van der Waals surface area contributed by atoms with Crippen LogP contribution in [-0.4, -0.2) is 19.9 Å². The van der Waals surface area contributed by atoms with E-state index in [1.807, 2.05) is 37.4 Å². The van der Waals surface area contributed by atoms with Gasteiger partial charge in [0, 0.05) is 5.39 Å². The summed E-state index contributed by atoms with van der Waals surface area (Å²) in [6, 6.07) is 9.95. The van der Waals surface area contributed by atoms with Crippen LogP contribution in [0.2, 0.25) is 0 Å². The SMILES string of the molecule is CNCCC(N=CNN)c1cc2ccccc2o1. The molecule has 0 saturated heterocycles. The van der Waals surface area contributed by atoms with E-state index in [0.29, 0.717) is 0 Å². The Bertz CT molecular complexity index is 487. The highest BCUT2D eigenvalue weighted by molar-refractivity contribution is 5.77. The molecule has 0 aliphatic heterocycles. The minimum atomic E-state index is -0.0269. The third-order valence-corrected chi connectivity index (χ3v) is 2.77. The van der Waals surface area contributed by atoms with E-state index >= 15 is 0 Å². The molecule has 96 valence electrons. The van der Waals surface area contributed by atoms with Crippen molar-refractivity contribution in [3.8, 4) is 0 Å². The van der Waals surface area contributed by atoms with Gasteiger partial charge >= 0.3 is 0 Å². The van der Waals surface area contributed by atoms with Crippen LogP contribution >= 0.6 is 0 Å². The van der Waals surface area contributed by atoms with Crippen molar-refractivity contribution in [3.63, 3.8) is 0 Å². The summed E-state index contributed by atoms with van der Waals surface area (Å²) in [6.07, 6.45) is 2.35. The molecular weight excluding hydrogens is 228 g/mol. The summed E-state index contributed by atoms with van der Waals surface area (Å²) < 4.78 is 5.81. The van der Waals surface area contributed by atoms with Gasteiger partial charge in [0.1, 0.15) is 17.4 Å². The number of hydrogen-bond donors (Lipinski definition) is 3. The highest BCUT2D eigenvalue weighted by Crippen LogP contribution is 2.27. The van der Waals surface area contributed by atoms with E-state index in [0.717, 1.165) is 29.7 Å². The monoisotopic (exact) mass is 246 g/mol. The molecule has 2 aromatic rings. The number of nitrogens with zero attached hydrogens (tertiary/aromatic N) is 1. The number of rotatable bonds is 6. The average Bonchev–Trinajstić information content (AvgIpc) is 2.82. The summed E-state index contributed by atoms with van der Waals surface area (Å²) in [5, 5.41) is 4.21. The van der Waals surface area contributed by atoms with E-state index in [2.05, 4.69) is 15.7 Å². The molecule has 0 fully saturated rings. The van der Waals surface area contributed by atoms with Crippen molar-refractivity contribution >= 4 is 17.3 Å². The van der Waals surface area contributed by atoms with Gasteiger partial charge in [-0.15, -0.1) is 0 Å². The van der Waals surface area contributed by atoms with Gasteiger partial charge in [-0.25, -0.2) is 5.84 Å². The van der Waals surface area contributed by atoms with Crippen LogP contribution in [0.5, 0.6) is 0 Å². The van der Waals surface area contributed by atoms with Gasteiger partial charge in [0.05, 0.1) is 6.34 Å². The first-order valence-electron chi connectivity index (χ1n) is 5.96. The smallest absolute Gasteiger partial charge is 0.134 e. The fourth-order valence-corrected chi connectivity index (χ4v) is 1.87. The number of hydrazine groups is 1. The summed E-state index contributed by atoms with van der Waals surface area (Å²) in [4.78, 5) is 4.35. The van der Waals surface area contributed by atoms with Crippen molar-refractivity contribution in [2.24, 2.45) is 10.8 Å². The second-order valence-corrected chi connectivity index (χ2v) is 4.04. The molecule has 0 spiro atoms. The highest BCUT2D eigenvalue weighted by Gasteiger charge is 2.14. The molecular formula is C13H18N4O. The lowest BCUT2D eigenvalue weighted by atomic mass is 10.1. The molecule has 0 aliphatic carbocycles. The summed E-state index contributed by atoms with van der Waals surface area (Å²) in [5.74, 6) is 6.07. The molecule has 0 radical (unpaired) electrons. The fraction of sp³-hybridized carbons (Fsp3) is 0.308. The maximum atomic E-state index is 5.81. The first-order chi connectivity index (χ1) is 8.85. The largest absolute Gasteiger partial charge is 0.459 e. The second-order valence-electron chi connectivity index (χ2n) is 4.04. The van der Waals surface area contributed by atoms with E-state index in [1.165, 1.54) is 6.34 Å². The van der Waals surface area contributed by atoms with Gasteiger partial charge in [0.15, 0.2) is 0 Å². The van der Waals surface area contributed by atoms with Crippen LogP contribution in [-0.2, 0) is 0 Å². The summed E-state index contributed by atoms with van der Waals surface area (Å²) in [7, 11) is 1.92. The number of benzene rings is 1. The predicted octanol–water partition coefficient (Wildman–Crippen LogP) is 1.58. The molecule has 2 rings (SSSR count). The Morgan fingerprint density at radius 1 is 1.44 bits per heavy atom. The van der Waals surface area contributed by atoms with Crippen LogP contribution in [0.1, 0.15) is 18.2 Å². The average molecular weight is 246 g/mol. The van der Waals surface area contributed by atoms with E-state index in [4.69, 9.17) is 10.3 Å². The van der Waals surface area contributed by atoms with E-state index in [1.54, 1.807) is 0 Å². The summed E-state index contributed by atoms with van der Waals surface area (Å²) >= 11 is 0. The lowest BCUT2D eigenvalue weighted by Crippen LogP contribution is -2.20. The third kappa shape index (κ3) is 2.88. The number of aliphatic imine (C=N–C) groups is 1. The number of nitrogens with one attached hydrogen (secondary N) is 2. The molecule has 5 nitrogen and oxygen atoms in total. The van der Waals surface area contributed by atoms with Gasteiger partial charge in [-0.05, 0) is 32.1 Å². The molecule has 1 unspecified atom stereocenters. The van der Waals surface area contributed by atoms with Gasteiger partial charge in [-0.2, -0.15) is 0 Å². The topological polar surface area (TPSA) is 75.6 Å². The molecule has 1 atom stereocenters. The molecule has 18 heavy (non-hydrogen) atoms. The number of para-hydroxylation sites is 1. The van der Waals surface area contributed by atoms with Gasteiger partial charge in [-0.3, -0.25) is 4.99 Å². The van der Waals surface area contributed by atoms with Crippen LogP contribution in [0.4, 0.5) is 0 Å². The van der Waals surface area contributed by atoms with Gasteiger partial charge < -0.3 is 15.2 Å². The summed E-state index contributed by atoms with van der Waals surface area (Å²) in [5.41, 5.74) is 3.31. The molecule has 1 aromatic heterocycles. The van der Waals surface area contributed by atoms with Gasteiger partial charge in [0.2, 0.25) is 0 Å². The minimum Gasteiger partial charge on any atom is -0.459 e. The Kier molecular flexibility index (Phi) is 4.33. The Morgan fingerprint density at radius 2 is 2.28 bits per heavy atom. The molecule has 5 heteroatoms. The van der Waals surface area contributed by atoms with Crippen LogP contribution in [0.25, 0.3) is 11.0 Å². The van der Waals surface area contributed by atoms with Gasteiger partial charge in [-0.1, -0.05) is 18.2 Å². The van der Waals surface area contributed by atoms with Crippen LogP contribution in [0.15, 0.2) is 39.7 Å². The Hall–Kier alpha value is -1.85. The van der Waals surface area contributed by atoms with Crippen molar-refractivity contribution in [1.82, 2.24) is 10.7 Å². The van der Waals surface area contributed by atoms with E-state index < -0.39 is 0 Å². The van der Waals surface area contributed by atoms with Crippen LogP contribution in [0, 0.1) is 0 Å². The lowest BCUT2D eigenvalue weighted by Gasteiger charge is -2.08. The van der Waals surface area contributed by atoms with Gasteiger partial charge in [0.25, 0.3) is 0 Å². The van der Waals surface area contributed by atoms with Crippen LogP contribution < -0.4 is 16.6 Å². The zero-order valence-electron chi connectivity index (χ0n) is 10.4. The summed E-state index contributed by atoms with van der Waals surface area (Å²) in [6.45, 7) is 0.865. The normalized spacial score (nSPS) is 13.2. The molecule has 1 aromatic carbocycles. The molecule has 0 amide bonds. The fourth-order valence-electron chi connectivity index (χ4n) is 1.87. The van der Waals surface area contributed by atoms with E-state index in [9.17, 15) is 0 Å². The number of nitrogens with two attached hydrogens (primary N) is 1. The van der Waals surface area contributed by atoms with Crippen molar-refractivity contribution in [3.05, 3.63) is 36.1 Å². The zero-order chi connectivity index (χ0) is 12.8. The van der Waals surface area contributed by atoms with Crippen molar-refractivity contribution < 1.29 is 4.42 Å².